The van der Waals surface area contributed by atoms with Crippen LogP contribution in [-0.4, -0.2) is 43.8 Å². The minimum absolute atomic E-state index is 0.236. The molecule has 3 rings (SSSR count). The van der Waals surface area contributed by atoms with E-state index < -0.39 is 0 Å². The first-order valence-corrected chi connectivity index (χ1v) is 8.21. The lowest BCUT2D eigenvalue weighted by atomic mass is 10.3. The molecule has 0 aliphatic rings. The molecule has 3 aromatic rings. The molecule has 0 fully saturated rings. The molecule has 25 heavy (non-hydrogen) atoms. The fourth-order valence-corrected chi connectivity index (χ4v) is 2.68. The van der Waals surface area contributed by atoms with Crippen molar-refractivity contribution in [1.29, 1.82) is 0 Å². The third-order valence-electron chi connectivity index (χ3n) is 3.98. The van der Waals surface area contributed by atoms with Crippen LogP contribution in [0.2, 0.25) is 0 Å². The molecule has 0 aliphatic carbocycles. The highest BCUT2D eigenvalue weighted by Crippen LogP contribution is 2.12. The smallest absolute Gasteiger partial charge is 0.272 e. The SMILES string of the molecule is COCCCn1cnnc1C(C)NC(=O)c1cn2ccc(C)cc2n1. The largest absolute Gasteiger partial charge is 0.385 e. The Morgan fingerprint density at radius 1 is 1.44 bits per heavy atom. The van der Waals surface area contributed by atoms with Crippen LogP contribution in [0.25, 0.3) is 5.65 Å². The predicted octanol–water partition coefficient (Wildman–Crippen LogP) is 1.76. The quantitative estimate of drug-likeness (QED) is 0.661. The van der Waals surface area contributed by atoms with E-state index in [-0.39, 0.29) is 11.9 Å². The van der Waals surface area contributed by atoms with Gasteiger partial charge in [-0.3, -0.25) is 4.79 Å². The molecule has 8 heteroatoms. The molecule has 0 radical (unpaired) electrons. The highest BCUT2D eigenvalue weighted by Gasteiger charge is 2.18. The molecule has 1 N–H and O–H groups in total. The van der Waals surface area contributed by atoms with Crippen LogP contribution in [0.15, 0.2) is 30.9 Å². The topological polar surface area (TPSA) is 86.3 Å². The van der Waals surface area contributed by atoms with Gasteiger partial charge < -0.3 is 19.0 Å². The molecule has 132 valence electrons. The lowest BCUT2D eigenvalue weighted by Crippen LogP contribution is -2.29. The zero-order valence-electron chi connectivity index (χ0n) is 14.6. The summed E-state index contributed by atoms with van der Waals surface area (Å²) in [5.74, 6) is 0.476. The van der Waals surface area contributed by atoms with E-state index in [1.165, 1.54) is 0 Å². The molecule has 3 aromatic heterocycles. The molecule has 3 heterocycles. The van der Waals surface area contributed by atoms with Crippen LogP contribution in [0, 0.1) is 6.92 Å². The van der Waals surface area contributed by atoms with Crippen LogP contribution in [0.5, 0.6) is 0 Å². The molecular weight excluding hydrogens is 320 g/mol. The average molecular weight is 342 g/mol. The van der Waals surface area contributed by atoms with E-state index in [4.69, 9.17) is 4.74 Å². The van der Waals surface area contributed by atoms with Gasteiger partial charge in [-0.25, -0.2) is 4.98 Å². The zero-order chi connectivity index (χ0) is 17.8. The lowest BCUT2D eigenvalue weighted by Gasteiger charge is -2.14. The van der Waals surface area contributed by atoms with Gasteiger partial charge in [0.05, 0.1) is 6.04 Å². The molecular formula is C17H22N6O2. The van der Waals surface area contributed by atoms with Crippen LogP contribution in [-0.2, 0) is 11.3 Å². The lowest BCUT2D eigenvalue weighted by molar-refractivity contribution is 0.0933. The van der Waals surface area contributed by atoms with Crippen LogP contribution in [0.4, 0.5) is 0 Å². The Balaban J connectivity index is 1.70. The third-order valence-corrected chi connectivity index (χ3v) is 3.98. The molecule has 1 atom stereocenters. The van der Waals surface area contributed by atoms with Crippen molar-refractivity contribution in [2.45, 2.75) is 32.9 Å². The van der Waals surface area contributed by atoms with Gasteiger partial charge in [-0.15, -0.1) is 10.2 Å². The van der Waals surface area contributed by atoms with Gasteiger partial charge in [0.25, 0.3) is 5.91 Å². The number of carbonyl (C=O) groups is 1. The van der Waals surface area contributed by atoms with Crippen molar-refractivity contribution in [3.05, 3.63) is 47.9 Å². The minimum atomic E-state index is -0.274. The van der Waals surface area contributed by atoms with E-state index in [1.54, 1.807) is 19.6 Å². The number of imidazole rings is 1. The number of nitrogens with zero attached hydrogens (tertiary/aromatic N) is 5. The number of amides is 1. The number of nitrogens with one attached hydrogen (secondary N) is 1. The minimum Gasteiger partial charge on any atom is -0.385 e. The fraction of sp³-hybridized carbons (Fsp3) is 0.412. The van der Waals surface area contributed by atoms with Gasteiger partial charge in [0.1, 0.15) is 17.7 Å². The summed E-state index contributed by atoms with van der Waals surface area (Å²) in [5, 5.41) is 11.0. The predicted molar refractivity (Wildman–Crippen MR) is 92.3 cm³/mol. The second kappa shape index (κ2) is 7.43. The summed E-state index contributed by atoms with van der Waals surface area (Å²) in [5.41, 5.74) is 2.23. The highest BCUT2D eigenvalue weighted by atomic mass is 16.5. The number of hydrogen-bond donors (Lipinski definition) is 1. The Morgan fingerprint density at radius 2 is 2.28 bits per heavy atom. The molecule has 0 saturated carbocycles. The van der Waals surface area contributed by atoms with Crippen molar-refractivity contribution in [3.8, 4) is 0 Å². The number of aryl methyl sites for hydroxylation is 2. The Labute approximate surface area is 145 Å². The summed E-state index contributed by atoms with van der Waals surface area (Å²) in [6.07, 6.45) is 6.14. The standard InChI is InChI=1S/C17H22N6O2/c1-12-5-7-22-10-14(20-15(22)9-12)17(24)19-13(2)16-21-18-11-23(16)6-4-8-25-3/h5,7,9-11,13H,4,6,8H2,1-3H3,(H,19,24). The molecule has 0 spiro atoms. The van der Waals surface area contributed by atoms with Crippen molar-refractivity contribution in [2.24, 2.45) is 0 Å². The van der Waals surface area contributed by atoms with Crippen LogP contribution < -0.4 is 5.32 Å². The van der Waals surface area contributed by atoms with Crippen molar-refractivity contribution < 1.29 is 9.53 Å². The molecule has 1 unspecified atom stereocenters. The Bertz CT molecular complexity index is 869. The molecule has 0 aromatic carbocycles. The third kappa shape index (κ3) is 3.85. The summed E-state index contributed by atoms with van der Waals surface area (Å²) < 4.78 is 8.83. The van der Waals surface area contributed by atoms with E-state index in [0.29, 0.717) is 18.1 Å². The number of methoxy groups -OCH3 is 1. The van der Waals surface area contributed by atoms with E-state index in [2.05, 4.69) is 20.5 Å². The number of carbonyl (C=O) groups excluding carboxylic acids is 1. The Kier molecular flexibility index (Phi) is 5.08. The normalized spacial score (nSPS) is 12.4. The van der Waals surface area contributed by atoms with Crippen molar-refractivity contribution >= 4 is 11.6 Å². The van der Waals surface area contributed by atoms with Crippen LogP contribution in [0.1, 0.15) is 41.3 Å². The number of fused-ring (bicyclic) bond motifs is 1. The van der Waals surface area contributed by atoms with Gasteiger partial charge in [0, 0.05) is 32.7 Å². The fourth-order valence-electron chi connectivity index (χ4n) is 2.68. The maximum absolute atomic E-state index is 12.5. The first-order valence-electron chi connectivity index (χ1n) is 8.21. The number of aromatic nitrogens is 5. The maximum Gasteiger partial charge on any atom is 0.272 e. The molecule has 0 aliphatic heterocycles. The summed E-state index contributed by atoms with van der Waals surface area (Å²) >= 11 is 0. The molecule has 0 saturated heterocycles. The maximum atomic E-state index is 12.5. The number of hydrogen-bond acceptors (Lipinski definition) is 5. The second-order valence-corrected chi connectivity index (χ2v) is 6.02. The first kappa shape index (κ1) is 17.1. The summed E-state index contributed by atoms with van der Waals surface area (Å²) in [6.45, 7) is 5.28. The van der Waals surface area contributed by atoms with Gasteiger partial charge in [-0.2, -0.15) is 0 Å². The van der Waals surface area contributed by atoms with Crippen LogP contribution in [0.3, 0.4) is 0 Å². The van der Waals surface area contributed by atoms with Gasteiger partial charge in [-0.05, 0) is 38.0 Å². The number of rotatable bonds is 7. The van der Waals surface area contributed by atoms with E-state index in [9.17, 15) is 4.79 Å². The number of ether oxygens (including phenoxy) is 1. The van der Waals surface area contributed by atoms with Gasteiger partial charge in [0.2, 0.25) is 0 Å². The summed E-state index contributed by atoms with van der Waals surface area (Å²) in [4.78, 5) is 16.9. The molecule has 0 bridgehead atoms. The Morgan fingerprint density at radius 3 is 3.08 bits per heavy atom. The van der Waals surface area contributed by atoms with Crippen molar-refractivity contribution in [2.75, 3.05) is 13.7 Å². The van der Waals surface area contributed by atoms with E-state index >= 15 is 0 Å². The Hall–Kier alpha value is -2.74. The average Bonchev–Trinajstić information content (AvgIpc) is 3.21. The van der Waals surface area contributed by atoms with Gasteiger partial charge in [-0.1, -0.05) is 0 Å². The monoisotopic (exact) mass is 342 g/mol. The van der Waals surface area contributed by atoms with Gasteiger partial charge >= 0.3 is 0 Å². The first-order chi connectivity index (χ1) is 12.1. The van der Waals surface area contributed by atoms with E-state index in [0.717, 1.165) is 24.2 Å². The highest BCUT2D eigenvalue weighted by molar-refractivity contribution is 5.93. The summed E-state index contributed by atoms with van der Waals surface area (Å²) in [6, 6.07) is 3.64. The molecule has 1 amide bonds. The zero-order valence-corrected chi connectivity index (χ0v) is 14.6. The van der Waals surface area contributed by atoms with Crippen molar-refractivity contribution in [3.63, 3.8) is 0 Å². The van der Waals surface area contributed by atoms with Gasteiger partial charge in [0.15, 0.2) is 5.82 Å². The van der Waals surface area contributed by atoms with Crippen LogP contribution >= 0.6 is 0 Å². The summed E-state index contributed by atoms with van der Waals surface area (Å²) in [7, 11) is 1.67. The number of pyridine rings is 1. The van der Waals surface area contributed by atoms with E-state index in [1.807, 2.05) is 41.1 Å². The molecule has 8 nitrogen and oxygen atoms in total. The second-order valence-electron chi connectivity index (χ2n) is 6.02. The van der Waals surface area contributed by atoms with Crippen molar-refractivity contribution in [1.82, 2.24) is 29.5 Å².